The molecule has 2 aromatic rings. The molecule has 0 saturated heterocycles. The molecule has 0 aliphatic rings. The number of benzene rings is 1. The first-order valence-electron chi connectivity index (χ1n) is 5.63. The third kappa shape index (κ3) is 2.74. The summed E-state index contributed by atoms with van der Waals surface area (Å²) in [4.78, 5) is 6.25. The topological polar surface area (TPSA) is 25.4 Å². The Labute approximate surface area is 112 Å². The highest BCUT2D eigenvalue weighted by Crippen LogP contribution is 2.26. The number of anilines is 2. The van der Waals surface area contributed by atoms with Gasteiger partial charge in [-0.1, -0.05) is 6.07 Å². The lowest BCUT2D eigenvalue weighted by Gasteiger charge is -2.20. The zero-order chi connectivity index (χ0) is 13.0. The van der Waals surface area contributed by atoms with Crippen molar-refractivity contribution in [1.82, 2.24) is 4.98 Å². The van der Waals surface area contributed by atoms with E-state index < -0.39 is 0 Å². The minimum Gasteiger partial charge on any atom is -0.497 e. The van der Waals surface area contributed by atoms with E-state index in [4.69, 9.17) is 16.3 Å². The molecule has 0 aliphatic heterocycles. The molecule has 18 heavy (non-hydrogen) atoms. The quantitative estimate of drug-likeness (QED) is 0.788. The molecule has 1 aromatic heterocycles. The molecule has 0 fully saturated rings. The SMILES string of the molecule is COc1cccc(N(C)c2ccnc(CCl)c2)c1. The van der Waals surface area contributed by atoms with Gasteiger partial charge in [0.1, 0.15) is 5.75 Å². The number of methoxy groups -OCH3 is 1. The summed E-state index contributed by atoms with van der Waals surface area (Å²) in [6, 6.07) is 11.8. The Morgan fingerprint density at radius 3 is 2.72 bits per heavy atom. The first-order chi connectivity index (χ1) is 8.74. The molecule has 0 bridgehead atoms. The Morgan fingerprint density at radius 1 is 1.22 bits per heavy atom. The largest absolute Gasteiger partial charge is 0.497 e. The lowest BCUT2D eigenvalue weighted by Crippen LogP contribution is -2.10. The van der Waals surface area contributed by atoms with Crippen molar-refractivity contribution >= 4 is 23.0 Å². The average molecular weight is 263 g/mol. The van der Waals surface area contributed by atoms with E-state index in [1.807, 2.05) is 43.4 Å². The molecule has 0 spiro atoms. The van der Waals surface area contributed by atoms with Gasteiger partial charge in [-0.25, -0.2) is 0 Å². The van der Waals surface area contributed by atoms with Gasteiger partial charge in [0, 0.05) is 30.7 Å². The second kappa shape index (κ2) is 5.74. The molecule has 0 amide bonds. The van der Waals surface area contributed by atoms with Crippen LogP contribution in [0.5, 0.6) is 5.75 Å². The maximum absolute atomic E-state index is 5.80. The summed E-state index contributed by atoms with van der Waals surface area (Å²) in [7, 11) is 3.67. The number of hydrogen-bond donors (Lipinski definition) is 0. The van der Waals surface area contributed by atoms with Crippen LogP contribution in [0.15, 0.2) is 42.6 Å². The highest BCUT2D eigenvalue weighted by Gasteiger charge is 2.06. The van der Waals surface area contributed by atoms with Crippen LogP contribution in [0.4, 0.5) is 11.4 Å². The Balaban J connectivity index is 2.31. The molecule has 0 N–H and O–H groups in total. The minimum atomic E-state index is 0.416. The molecule has 1 aromatic carbocycles. The second-order valence-corrected chi connectivity index (χ2v) is 4.17. The Bertz CT molecular complexity index is 483. The van der Waals surface area contributed by atoms with Gasteiger partial charge in [-0.15, -0.1) is 11.6 Å². The standard InChI is InChI=1S/C14H15ClN2O/c1-17(12-4-3-5-14(9-12)18-2)13-6-7-16-11(8-13)10-15/h3-9H,10H2,1-2H3. The monoisotopic (exact) mass is 262 g/mol. The lowest BCUT2D eigenvalue weighted by molar-refractivity contribution is 0.415. The van der Waals surface area contributed by atoms with E-state index in [0.29, 0.717) is 5.88 Å². The van der Waals surface area contributed by atoms with Crippen molar-refractivity contribution < 1.29 is 4.74 Å². The van der Waals surface area contributed by atoms with E-state index in [2.05, 4.69) is 9.88 Å². The van der Waals surface area contributed by atoms with Crippen molar-refractivity contribution in [2.24, 2.45) is 0 Å². The van der Waals surface area contributed by atoms with Crippen LogP contribution in [0.25, 0.3) is 0 Å². The van der Waals surface area contributed by atoms with Crippen LogP contribution in [0.2, 0.25) is 0 Å². The molecule has 0 aliphatic carbocycles. The maximum Gasteiger partial charge on any atom is 0.120 e. The fraction of sp³-hybridized carbons (Fsp3) is 0.214. The van der Waals surface area contributed by atoms with Gasteiger partial charge in [0.05, 0.1) is 18.7 Å². The average Bonchev–Trinajstić information content (AvgIpc) is 2.46. The summed E-state index contributed by atoms with van der Waals surface area (Å²) in [5, 5.41) is 0. The van der Waals surface area contributed by atoms with Crippen molar-refractivity contribution in [3.05, 3.63) is 48.3 Å². The van der Waals surface area contributed by atoms with Gasteiger partial charge in [0.2, 0.25) is 0 Å². The van der Waals surface area contributed by atoms with Crippen molar-refractivity contribution in [2.45, 2.75) is 5.88 Å². The zero-order valence-electron chi connectivity index (χ0n) is 10.4. The van der Waals surface area contributed by atoms with Gasteiger partial charge < -0.3 is 9.64 Å². The van der Waals surface area contributed by atoms with Crippen molar-refractivity contribution in [1.29, 1.82) is 0 Å². The first-order valence-corrected chi connectivity index (χ1v) is 6.16. The van der Waals surface area contributed by atoms with Crippen LogP contribution >= 0.6 is 11.6 Å². The molecule has 4 heteroatoms. The summed E-state index contributed by atoms with van der Waals surface area (Å²) < 4.78 is 5.23. The molecule has 1 heterocycles. The van der Waals surface area contributed by atoms with Crippen LogP contribution in [0.1, 0.15) is 5.69 Å². The number of aromatic nitrogens is 1. The number of ether oxygens (including phenoxy) is 1. The highest BCUT2D eigenvalue weighted by molar-refractivity contribution is 6.16. The van der Waals surface area contributed by atoms with Crippen molar-refractivity contribution in [2.75, 3.05) is 19.1 Å². The molecular formula is C14H15ClN2O. The molecule has 0 saturated carbocycles. The first kappa shape index (κ1) is 12.7. The van der Waals surface area contributed by atoms with E-state index in [9.17, 15) is 0 Å². The van der Waals surface area contributed by atoms with Crippen LogP contribution in [0.3, 0.4) is 0 Å². The Kier molecular flexibility index (Phi) is 4.05. The third-order valence-corrected chi connectivity index (χ3v) is 3.04. The summed E-state index contributed by atoms with van der Waals surface area (Å²) in [6.07, 6.45) is 1.77. The maximum atomic E-state index is 5.80. The number of rotatable bonds is 4. The van der Waals surface area contributed by atoms with Crippen LogP contribution < -0.4 is 9.64 Å². The van der Waals surface area contributed by atoms with Gasteiger partial charge in [0.25, 0.3) is 0 Å². The number of pyridine rings is 1. The lowest BCUT2D eigenvalue weighted by atomic mass is 10.2. The zero-order valence-corrected chi connectivity index (χ0v) is 11.2. The number of halogens is 1. The second-order valence-electron chi connectivity index (χ2n) is 3.90. The molecule has 0 unspecified atom stereocenters. The third-order valence-electron chi connectivity index (χ3n) is 2.76. The number of hydrogen-bond acceptors (Lipinski definition) is 3. The van der Waals surface area contributed by atoms with Gasteiger partial charge in [-0.3, -0.25) is 4.98 Å². The van der Waals surface area contributed by atoms with E-state index >= 15 is 0 Å². The molecule has 2 rings (SSSR count). The van der Waals surface area contributed by atoms with Crippen molar-refractivity contribution in [3.8, 4) is 5.75 Å². The molecule has 94 valence electrons. The van der Waals surface area contributed by atoms with E-state index in [1.165, 1.54) is 0 Å². The van der Waals surface area contributed by atoms with Crippen LogP contribution in [-0.4, -0.2) is 19.1 Å². The highest BCUT2D eigenvalue weighted by atomic mass is 35.5. The van der Waals surface area contributed by atoms with E-state index in [-0.39, 0.29) is 0 Å². The summed E-state index contributed by atoms with van der Waals surface area (Å²) >= 11 is 5.80. The van der Waals surface area contributed by atoms with Gasteiger partial charge >= 0.3 is 0 Å². The fourth-order valence-electron chi connectivity index (χ4n) is 1.72. The van der Waals surface area contributed by atoms with E-state index in [1.54, 1.807) is 13.3 Å². The Morgan fingerprint density at radius 2 is 2.00 bits per heavy atom. The predicted molar refractivity (Wildman–Crippen MR) is 74.9 cm³/mol. The number of nitrogens with zero attached hydrogens (tertiary/aromatic N) is 2. The van der Waals surface area contributed by atoms with Crippen LogP contribution in [0, 0.1) is 0 Å². The molecular weight excluding hydrogens is 248 g/mol. The number of alkyl halides is 1. The van der Waals surface area contributed by atoms with Crippen molar-refractivity contribution in [3.63, 3.8) is 0 Å². The van der Waals surface area contributed by atoms with Gasteiger partial charge in [-0.2, -0.15) is 0 Å². The molecule has 0 atom stereocenters. The molecule has 0 radical (unpaired) electrons. The van der Waals surface area contributed by atoms with E-state index in [0.717, 1.165) is 22.8 Å². The smallest absolute Gasteiger partial charge is 0.120 e. The van der Waals surface area contributed by atoms with Crippen LogP contribution in [-0.2, 0) is 5.88 Å². The van der Waals surface area contributed by atoms with Gasteiger partial charge in [-0.05, 0) is 24.3 Å². The fourth-order valence-corrected chi connectivity index (χ4v) is 1.86. The predicted octanol–water partition coefficient (Wildman–Crippen LogP) is 3.60. The summed E-state index contributed by atoms with van der Waals surface area (Å²) in [6.45, 7) is 0. The molecule has 3 nitrogen and oxygen atoms in total. The summed E-state index contributed by atoms with van der Waals surface area (Å²) in [5.74, 6) is 1.26. The normalized spacial score (nSPS) is 10.2. The Hall–Kier alpha value is -1.74. The summed E-state index contributed by atoms with van der Waals surface area (Å²) in [5.41, 5.74) is 2.97. The van der Waals surface area contributed by atoms with Gasteiger partial charge in [0.15, 0.2) is 0 Å². The minimum absolute atomic E-state index is 0.416.